The fourth-order valence-corrected chi connectivity index (χ4v) is 3.95. The Kier molecular flexibility index (Phi) is 6.56. The number of pyridine rings is 1. The van der Waals surface area contributed by atoms with Crippen molar-refractivity contribution in [1.29, 1.82) is 0 Å². The third kappa shape index (κ3) is 5.49. The van der Waals surface area contributed by atoms with Crippen molar-refractivity contribution in [3.63, 3.8) is 0 Å². The van der Waals surface area contributed by atoms with E-state index in [1.54, 1.807) is 12.4 Å². The van der Waals surface area contributed by atoms with Crippen molar-refractivity contribution < 1.29 is 9.53 Å². The zero-order chi connectivity index (χ0) is 18.4. The highest BCUT2D eigenvalue weighted by molar-refractivity contribution is 7.99. The molecule has 1 fully saturated rings. The van der Waals surface area contributed by atoms with Crippen molar-refractivity contribution in [2.24, 2.45) is 0 Å². The molecule has 3 rings (SSSR count). The maximum Gasteiger partial charge on any atom is 0.227 e. The van der Waals surface area contributed by atoms with Crippen LogP contribution in [0.4, 0.5) is 0 Å². The van der Waals surface area contributed by atoms with Crippen LogP contribution in [-0.4, -0.2) is 40.2 Å². The lowest BCUT2D eigenvalue weighted by Crippen LogP contribution is -2.45. The third-order valence-corrected chi connectivity index (χ3v) is 5.35. The summed E-state index contributed by atoms with van der Waals surface area (Å²) in [6, 6.07) is 12.1. The third-order valence-electron chi connectivity index (χ3n) is 4.33. The summed E-state index contributed by atoms with van der Waals surface area (Å²) in [5.41, 5.74) is 1.07. The van der Waals surface area contributed by atoms with Crippen LogP contribution in [0.1, 0.15) is 32.3 Å². The Morgan fingerprint density at radius 1 is 1.23 bits per heavy atom. The Balaban J connectivity index is 1.54. The van der Waals surface area contributed by atoms with Crippen LogP contribution in [0.25, 0.3) is 0 Å². The summed E-state index contributed by atoms with van der Waals surface area (Å²) >= 11 is 1.84. The van der Waals surface area contributed by atoms with E-state index in [-0.39, 0.29) is 12.0 Å². The molecule has 0 radical (unpaired) electrons. The molecular weight excluding hydrogens is 344 g/mol. The van der Waals surface area contributed by atoms with Gasteiger partial charge in [-0.3, -0.25) is 9.78 Å². The van der Waals surface area contributed by atoms with Gasteiger partial charge < -0.3 is 9.64 Å². The summed E-state index contributed by atoms with van der Waals surface area (Å²) in [6.45, 7) is 5.84. The van der Waals surface area contributed by atoms with E-state index in [9.17, 15) is 4.79 Å². The summed E-state index contributed by atoms with van der Waals surface area (Å²) in [4.78, 5) is 19.9. The van der Waals surface area contributed by atoms with Gasteiger partial charge in [0.1, 0.15) is 11.9 Å². The molecule has 2 heterocycles. The Labute approximate surface area is 160 Å². The highest BCUT2D eigenvalue weighted by atomic mass is 32.2. The zero-order valence-electron chi connectivity index (χ0n) is 15.4. The van der Waals surface area contributed by atoms with E-state index in [4.69, 9.17) is 4.74 Å². The van der Waals surface area contributed by atoms with Gasteiger partial charge in [0, 0.05) is 29.1 Å². The van der Waals surface area contributed by atoms with Crippen molar-refractivity contribution in [1.82, 2.24) is 9.88 Å². The molecule has 0 saturated carbocycles. The van der Waals surface area contributed by atoms with E-state index < -0.39 is 0 Å². The SMILES string of the molecule is CC(C)Sc1ccc(CC(=O)N2CCC[C@H](Oc3ccncc3)C2)cc1. The van der Waals surface area contributed by atoms with Crippen LogP contribution in [0.5, 0.6) is 5.75 Å². The molecule has 0 aliphatic carbocycles. The van der Waals surface area contributed by atoms with E-state index in [0.717, 1.165) is 30.7 Å². The van der Waals surface area contributed by atoms with Gasteiger partial charge >= 0.3 is 0 Å². The van der Waals surface area contributed by atoms with Crippen molar-refractivity contribution in [3.8, 4) is 5.75 Å². The monoisotopic (exact) mass is 370 g/mol. The van der Waals surface area contributed by atoms with Gasteiger partial charge in [0.15, 0.2) is 0 Å². The number of likely N-dealkylation sites (tertiary alicyclic amines) is 1. The van der Waals surface area contributed by atoms with Crippen molar-refractivity contribution >= 4 is 17.7 Å². The van der Waals surface area contributed by atoms with E-state index in [1.807, 2.05) is 28.8 Å². The molecule has 1 aromatic heterocycles. The number of carbonyl (C=O) groups excluding carboxylic acids is 1. The second-order valence-corrected chi connectivity index (χ2v) is 8.54. The summed E-state index contributed by atoms with van der Waals surface area (Å²) in [7, 11) is 0. The van der Waals surface area contributed by atoms with E-state index >= 15 is 0 Å². The molecule has 1 aliphatic rings. The average molecular weight is 371 g/mol. The standard InChI is InChI=1S/C21H26N2O2S/c1-16(2)26-20-7-5-17(6-8-20)14-21(24)23-13-3-4-19(15-23)25-18-9-11-22-12-10-18/h5-12,16,19H,3-4,13-15H2,1-2H3/t19-/m0/s1. The molecule has 138 valence electrons. The lowest BCUT2D eigenvalue weighted by Gasteiger charge is -2.33. The minimum atomic E-state index is 0.0555. The summed E-state index contributed by atoms with van der Waals surface area (Å²) in [5.74, 6) is 0.995. The molecule has 5 heteroatoms. The lowest BCUT2D eigenvalue weighted by atomic mass is 10.1. The first-order valence-electron chi connectivity index (χ1n) is 9.20. The highest BCUT2D eigenvalue weighted by Gasteiger charge is 2.24. The van der Waals surface area contributed by atoms with Gasteiger partial charge in [-0.25, -0.2) is 0 Å². The molecule has 1 atom stereocenters. The van der Waals surface area contributed by atoms with Crippen LogP contribution >= 0.6 is 11.8 Å². The number of carbonyl (C=O) groups is 1. The molecule has 0 N–H and O–H groups in total. The molecule has 1 saturated heterocycles. The molecule has 1 aliphatic heterocycles. The van der Waals surface area contributed by atoms with Crippen LogP contribution in [0.2, 0.25) is 0 Å². The first-order valence-corrected chi connectivity index (χ1v) is 10.1. The van der Waals surface area contributed by atoms with Gasteiger partial charge in [-0.1, -0.05) is 26.0 Å². The number of rotatable bonds is 6. The number of nitrogens with zero attached hydrogens (tertiary/aromatic N) is 2. The quantitative estimate of drug-likeness (QED) is 0.715. The topological polar surface area (TPSA) is 42.4 Å². The molecule has 1 amide bonds. The number of piperidine rings is 1. The van der Waals surface area contributed by atoms with Gasteiger partial charge in [-0.15, -0.1) is 11.8 Å². The fraction of sp³-hybridized carbons (Fsp3) is 0.429. The maximum atomic E-state index is 12.7. The normalized spacial score (nSPS) is 17.3. The van der Waals surface area contributed by atoms with Crippen LogP contribution in [0.15, 0.2) is 53.7 Å². The summed E-state index contributed by atoms with van der Waals surface area (Å²) < 4.78 is 6.00. The second kappa shape index (κ2) is 9.08. The minimum absolute atomic E-state index is 0.0555. The maximum absolute atomic E-state index is 12.7. The van der Waals surface area contributed by atoms with Gasteiger partial charge in [0.2, 0.25) is 5.91 Å². The first-order chi connectivity index (χ1) is 12.6. The average Bonchev–Trinajstić information content (AvgIpc) is 2.64. The van der Waals surface area contributed by atoms with Gasteiger partial charge in [-0.2, -0.15) is 0 Å². The zero-order valence-corrected chi connectivity index (χ0v) is 16.2. The molecular formula is C21H26N2O2S. The Morgan fingerprint density at radius 3 is 2.65 bits per heavy atom. The molecule has 0 spiro atoms. The summed E-state index contributed by atoms with van der Waals surface area (Å²) in [6.07, 6.45) is 5.91. The van der Waals surface area contributed by atoms with Gasteiger partial charge in [-0.05, 0) is 42.7 Å². The molecule has 2 aromatic rings. The molecule has 0 unspecified atom stereocenters. The number of hydrogen-bond donors (Lipinski definition) is 0. The molecule has 1 aromatic carbocycles. The van der Waals surface area contributed by atoms with Crippen LogP contribution in [-0.2, 0) is 11.2 Å². The number of ether oxygens (including phenoxy) is 1. The lowest BCUT2D eigenvalue weighted by molar-refractivity contribution is -0.133. The highest BCUT2D eigenvalue weighted by Crippen LogP contribution is 2.23. The van der Waals surface area contributed by atoms with Crippen LogP contribution in [0.3, 0.4) is 0 Å². The number of hydrogen-bond acceptors (Lipinski definition) is 4. The molecule has 4 nitrogen and oxygen atoms in total. The van der Waals surface area contributed by atoms with E-state index in [0.29, 0.717) is 18.2 Å². The summed E-state index contributed by atoms with van der Waals surface area (Å²) in [5, 5.41) is 0.563. The van der Waals surface area contributed by atoms with Crippen molar-refractivity contribution in [3.05, 3.63) is 54.4 Å². The Bertz CT molecular complexity index is 704. The number of amides is 1. The van der Waals surface area contributed by atoms with Gasteiger partial charge in [0.05, 0.1) is 13.0 Å². The number of benzene rings is 1. The molecule has 0 bridgehead atoms. The number of aromatic nitrogens is 1. The smallest absolute Gasteiger partial charge is 0.227 e. The van der Waals surface area contributed by atoms with Crippen molar-refractivity contribution in [2.45, 2.75) is 49.4 Å². The fourth-order valence-electron chi connectivity index (χ4n) is 3.11. The molecule has 26 heavy (non-hydrogen) atoms. The van der Waals surface area contributed by atoms with Crippen LogP contribution in [0, 0.1) is 0 Å². The van der Waals surface area contributed by atoms with Gasteiger partial charge in [0.25, 0.3) is 0 Å². The van der Waals surface area contributed by atoms with E-state index in [1.165, 1.54) is 4.90 Å². The second-order valence-electron chi connectivity index (χ2n) is 6.89. The Hall–Kier alpha value is -2.01. The van der Waals surface area contributed by atoms with Crippen LogP contribution < -0.4 is 4.74 Å². The number of thioether (sulfide) groups is 1. The van der Waals surface area contributed by atoms with Crippen molar-refractivity contribution in [2.75, 3.05) is 13.1 Å². The minimum Gasteiger partial charge on any atom is -0.488 e. The predicted molar refractivity (Wildman–Crippen MR) is 106 cm³/mol. The largest absolute Gasteiger partial charge is 0.488 e. The first kappa shape index (κ1) is 18.8. The van der Waals surface area contributed by atoms with E-state index in [2.05, 4.69) is 43.1 Å². The predicted octanol–water partition coefficient (Wildman–Crippen LogP) is 4.19. The Morgan fingerprint density at radius 2 is 1.96 bits per heavy atom.